The SMILES string of the molecule is CCCCCCCCCCCCCCCCCCCCCCCCC(=O)OC[C@H](COP(=O)(O)OC[C@@H](O)COP(=O)(O)OC[C@@H](COC(=O)CCCCCCCCCC(C)C)OC(=O)CCCCCCCCCCCCCCCCCCCC)OC(=O)CCCCCCCCCCCCCCCCCCCCCCCC. The van der Waals surface area contributed by atoms with Crippen molar-refractivity contribution >= 4 is 39.5 Å². The normalized spacial score (nSPS) is 13.7. The second-order valence-corrected chi connectivity index (χ2v) is 36.8. The van der Waals surface area contributed by atoms with Crippen LogP contribution in [0.2, 0.25) is 0 Å². The van der Waals surface area contributed by atoms with Gasteiger partial charge in [-0.1, -0.05) is 458 Å². The molecule has 112 heavy (non-hydrogen) atoms. The summed E-state index contributed by atoms with van der Waals surface area (Å²) >= 11 is 0. The van der Waals surface area contributed by atoms with Gasteiger partial charge in [-0.15, -0.1) is 0 Å². The van der Waals surface area contributed by atoms with Crippen LogP contribution in [0.15, 0.2) is 0 Å². The first kappa shape index (κ1) is 110. The van der Waals surface area contributed by atoms with Crippen LogP contribution in [0.4, 0.5) is 0 Å². The molecule has 0 saturated carbocycles. The highest BCUT2D eigenvalue weighted by molar-refractivity contribution is 7.47. The van der Waals surface area contributed by atoms with Gasteiger partial charge >= 0.3 is 39.5 Å². The molecule has 0 aromatic rings. The summed E-state index contributed by atoms with van der Waals surface area (Å²) in [4.78, 5) is 73.4. The first-order valence-electron chi connectivity index (χ1n) is 48.1. The average Bonchev–Trinajstić information content (AvgIpc) is 0.900. The van der Waals surface area contributed by atoms with E-state index < -0.39 is 97.5 Å². The lowest BCUT2D eigenvalue weighted by atomic mass is 10.0. The number of phosphoric acid groups is 2. The van der Waals surface area contributed by atoms with E-state index >= 15 is 0 Å². The fourth-order valence-electron chi connectivity index (χ4n) is 14.7. The Hall–Kier alpha value is -1.94. The van der Waals surface area contributed by atoms with Gasteiger partial charge in [0.15, 0.2) is 12.2 Å². The molecule has 0 amide bonds. The zero-order chi connectivity index (χ0) is 81.8. The minimum absolute atomic E-state index is 0.108. The van der Waals surface area contributed by atoms with Crippen LogP contribution in [0.5, 0.6) is 0 Å². The Labute approximate surface area is 689 Å². The van der Waals surface area contributed by atoms with Gasteiger partial charge in [0.2, 0.25) is 0 Å². The average molecular weight is 1630 g/mol. The molecule has 0 aliphatic rings. The quantitative estimate of drug-likeness (QED) is 0.0222. The first-order chi connectivity index (χ1) is 54.5. The summed E-state index contributed by atoms with van der Waals surface area (Å²) in [5.74, 6) is -1.39. The molecule has 19 heteroatoms. The Kier molecular flexibility index (Phi) is 84.0. The number of rotatable bonds is 93. The molecular weight excluding hydrogens is 1450 g/mol. The Morgan fingerprint density at radius 2 is 0.411 bits per heavy atom. The Balaban J connectivity index is 5.20. The minimum Gasteiger partial charge on any atom is -0.462 e. The number of hydrogen-bond donors (Lipinski definition) is 3. The molecule has 0 saturated heterocycles. The van der Waals surface area contributed by atoms with Crippen LogP contribution in [0.3, 0.4) is 0 Å². The standard InChI is InChI=1S/C93H182O17P2/c1-6-9-12-15-18-21-24-27-30-33-36-38-40-42-45-47-50-53-56-61-66-71-76-90(95)103-82-88(109-92(97)78-73-69-63-58-55-52-49-46-43-41-39-37-34-31-28-25-22-19-16-13-10-7-2)84-107-111(99,100)105-80-87(94)81-106-112(101,102)108-85-89(83-104-91(96)77-72-67-64-59-60-65-70-75-86(4)5)110-93(98)79-74-68-62-57-54-51-48-44-35-32-29-26-23-20-17-14-11-8-3/h86-89,94H,6-85H2,1-5H3,(H,99,100)(H,101,102)/t87-,88-,89-/m1/s1. The number of carbonyl (C=O) groups excluding carboxylic acids is 4. The largest absolute Gasteiger partial charge is 0.472 e. The third-order valence-electron chi connectivity index (χ3n) is 22.0. The van der Waals surface area contributed by atoms with Gasteiger partial charge in [-0.05, 0) is 31.6 Å². The Morgan fingerprint density at radius 3 is 0.607 bits per heavy atom. The fourth-order valence-corrected chi connectivity index (χ4v) is 16.3. The molecule has 2 unspecified atom stereocenters. The number of unbranched alkanes of at least 4 members (excludes halogenated alkanes) is 65. The molecule has 0 fully saturated rings. The van der Waals surface area contributed by atoms with Crippen LogP contribution in [0.25, 0.3) is 0 Å². The summed E-state index contributed by atoms with van der Waals surface area (Å²) < 4.78 is 69.1. The van der Waals surface area contributed by atoms with Gasteiger partial charge in [-0.25, -0.2) is 9.13 Å². The third-order valence-corrected chi connectivity index (χ3v) is 23.9. The van der Waals surface area contributed by atoms with E-state index in [4.69, 9.17) is 37.0 Å². The van der Waals surface area contributed by atoms with E-state index in [1.54, 1.807) is 0 Å². The summed E-state index contributed by atoms with van der Waals surface area (Å²) in [6.07, 6.45) is 82.4. The maximum atomic E-state index is 13.2. The molecule has 0 rings (SSSR count). The number of esters is 4. The van der Waals surface area contributed by atoms with E-state index in [0.717, 1.165) is 96.3 Å². The summed E-state index contributed by atoms with van der Waals surface area (Å²) in [5, 5.41) is 10.7. The highest BCUT2D eigenvalue weighted by atomic mass is 31.2. The lowest BCUT2D eigenvalue weighted by molar-refractivity contribution is -0.161. The minimum atomic E-state index is -4.97. The molecule has 0 aromatic heterocycles. The number of phosphoric ester groups is 2. The zero-order valence-corrected chi connectivity index (χ0v) is 75.6. The van der Waals surface area contributed by atoms with Crippen molar-refractivity contribution in [2.45, 2.75) is 528 Å². The molecule has 0 aliphatic carbocycles. The number of aliphatic hydroxyl groups excluding tert-OH is 1. The second kappa shape index (κ2) is 85.5. The topological polar surface area (TPSA) is 237 Å². The molecule has 0 bridgehead atoms. The van der Waals surface area contributed by atoms with Gasteiger partial charge in [-0.3, -0.25) is 37.3 Å². The third kappa shape index (κ3) is 85.9. The van der Waals surface area contributed by atoms with Crippen LogP contribution in [-0.2, 0) is 65.4 Å². The van der Waals surface area contributed by atoms with Crippen LogP contribution < -0.4 is 0 Å². The molecule has 3 N–H and O–H groups in total. The van der Waals surface area contributed by atoms with E-state index in [9.17, 15) is 43.2 Å². The van der Waals surface area contributed by atoms with E-state index in [0.29, 0.717) is 31.6 Å². The summed E-state index contributed by atoms with van der Waals surface area (Å²) in [6.45, 7) is 7.34. The van der Waals surface area contributed by atoms with Crippen molar-refractivity contribution in [3.63, 3.8) is 0 Å². The van der Waals surface area contributed by atoms with Crippen molar-refractivity contribution in [2.75, 3.05) is 39.6 Å². The predicted octanol–water partition coefficient (Wildman–Crippen LogP) is 29.1. The van der Waals surface area contributed by atoms with Crippen LogP contribution in [0.1, 0.15) is 510 Å². The highest BCUT2D eigenvalue weighted by Gasteiger charge is 2.31. The van der Waals surface area contributed by atoms with Gasteiger partial charge in [0.25, 0.3) is 0 Å². The fraction of sp³-hybridized carbons (Fsp3) is 0.957. The van der Waals surface area contributed by atoms with E-state index in [-0.39, 0.29) is 25.7 Å². The van der Waals surface area contributed by atoms with Crippen molar-refractivity contribution < 1.29 is 80.2 Å². The van der Waals surface area contributed by atoms with Crippen molar-refractivity contribution in [1.82, 2.24) is 0 Å². The Morgan fingerprint density at radius 1 is 0.241 bits per heavy atom. The summed E-state index contributed by atoms with van der Waals surface area (Å²) in [7, 11) is -9.94. The smallest absolute Gasteiger partial charge is 0.462 e. The van der Waals surface area contributed by atoms with Crippen LogP contribution >= 0.6 is 15.6 Å². The van der Waals surface area contributed by atoms with Gasteiger partial charge in [-0.2, -0.15) is 0 Å². The van der Waals surface area contributed by atoms with Crippen molar-refractivity contribution in [2.24, 2.45) is 5.92 Å². The molecule has 5 atom stereocenters. The highest BCUT2D eigenvalue weighted by Crippen LogP contribution is 2.45. The molecule has 17 nitrogen and oxygen atoms in total. The van der Waals surface area contributed by atoms with Crippen molar-refractivity contribution in [3.05, 3.63) is 0 Å². The number of aliphatic hydroxyl groups is 1. The van der Waals surface area contributed by atoms with Gasteiger partial charge in [0.1, 0.15) is 19.3 Å². The lowest BCUT2D eigenvalue weighted by Gasteiger charge is -2.21. The van der Waals surface area contributed by atoms with Crippen molar-refractivity contribution in [3.8, 4) is 0 Å². The number of carbonyl (C=O) groups is 4. The molecular formula is C93H182O17P2. The molecule has 0 spiro atoms. The number of ether oxygens (including phenoxy) is 4. The molecule has 666 valence electrons. The van der Waals surface area contributed by atoms with Gasteiger partial charge in [0.05, 0.1) is 26.4 Å². The molecule has 0 aliphatic heterocycles. The van der Waals surface area contributed by atoms with Crippen molar-refractivity contribution in [1.29, 1.82) is 0 Å². The number of hydrogen-bond acceptors (Lipinski definition) is 15. The maximum absolute atomic E-state index is 13.2. The van der Waals surface area contributed by atoms with Gasteiger partial charge in [0, 0.05) is 25.7 Å². The Bertz CT molecular complexity index is 2120. The zero-order valence-electron chi connectivity index (χ0n) is 73.8. The van der Waals surface area contributed by atoms with Crippen LogP contribution in [0, 0.1) is 5.92 Å². The van der Waals surface area contributed by atoms with Crippen LogP contribution in [-0.4, -0.2) is 96.7 Å². The van der Waals surface area contributed by atoms with E-state index in [1.807, 2.05) is 0 Å². The summed E-state index contributed by atoms with van der Waals surface area (Å²) in [6, 6.07) is 0. The van der Waals surface area contributed by atoms with E-state index in [1.165, 1.54) is 327 Å². The second-order valence-electron chi connectivity index (χ2n) is 33.9. The van der Waals surface area contributed by atoms with E-state index in [2.05, 4.69) is 34.6 Å². The first-order valence-corrected chi connectivity index (χ1v) is 51.1. The predicted molar refractivity (Wildman–Crippen MR) is 465 cm³/mol. The molecule has 0 radical (unpaired) electrons. The molecule has 0 heterocycles. The summed E-state index contributed by atoms with van der Waals surface area (Å²) in [5.41, 5.74) is 0. The maximum Gasteiger partial charge on any atom is 0.472 e. The lowest BCUT2D eigenvalue weighted by Crippen LogP contribution is -2.30. The monoisotopic (exact) mass is 1630 g/mol. The molecule has 0 aromatic carbocycles. The van der Waals surface area contributed by atoms with Gasteiger partial charge < -0.3 is 33.8 Å².